The summed E-state index contributed by atoms with van der Waals surface area (Å²) < 4.78 is 45.9. The van der Waals surface area contributed by atoms with E-state index in [0.717, 1.165) is 4.57 Å². The van der Waals surface area contributed by atoms with Gasteiger partial charge in [-0.05, 0) is 48.5 Å². The average Bonchev–Trinajstić information content (AvgIpc) is 3.57. The highest BCUT2D eigenvalue weighted by Gasteiger charge is 2.65. The molecule has 0 saturated carbocycles. The molecule has 1 spiro atoms. The maximum Gasteiger partial charge on any atom is 0.480 e. The molecule has 2 saturated heterocycles. The number of aromatic nitrogens is 2. The lowest BCUT2D eigenvalue weighted by atomic mass is 9.98. The van der Waals surface area contributed by atoms with Crippen molar-refractivity contribution in [3.05, 3.63) is 32.6 Å². The summed E-state index contributed by atoms with van der Waals surface area (Å²) in [4.78, 5) is 50.5. The number of carbonyl (C=O) groups excluding carboxylic acids is 2. The minimum atomic E-state index is -4.53. The van der Waals surface area contributed by atoms with E-state index in [9.17, 15) is 28.8 Å². The molecule has 1 aromatic rings. The van der Waals surface area contributed by atoms with Crippen LogP contribution in [-0.2, 0) is 41.9 Å². The van der Waals surface area contributed by atoms with Crippen molar-refractivity contribution in [2.75, 3.05) is 26.7 Å². The van der Waals surface area contributed by atoms with E-state index in [0.29, 0.717) is 0 Å². The second-order valence-corrected chi connectivity index (χ2v) is 13.1. The normalized spacial score (nSPS) is 25.1. The van der Waals surface area contributed by atoms with Crippen molar-refractivity contribution in [2.45, 2.75) is 72.4 Å². The van der Waals surface area contributed by atoms with Gasteiger partial charge in [-0.1, -0.05) is 0 Å². The first-order valence-electron chi connectivity index (χ1n) is 12.2. The van der Waals surface area contributed by atoms with Crippen LogP contribution in [0.2, 0.25) is 0 Å². The highest BCUT2D eigenvalue weighted by atomic mass is 31.2. The van der Waals surface area contributed by atoms with Gasteiger partial charge in [0.1, 0.15) is 17.7 Å². The fourth-order valence-corrected chi connectivity index (χ4v) is 4.44. The third-order valence-corrected chi connectivity index (χ3v) is 7.34. The lowest BCUT2D eigenvalue weighted by molar-refractivity contribution is -0.163. The molecule has 2 aliphatic heterocycles. The predicted molar refractivity (Wildman–Crippen MR) is 133 cm³/mol. The first kappa shape index (κ1) is 31.1. The zero-order valence-electron chi connectivity index (χ0n) is 23.0. The topological polar surface area (TPSA) is 204 Å². The quantitative estimate of drug-likeness (QED) is 0.152. The van der Waals surface area contributed by atoms with Crippen molar-refractivity contribution >= 4 is 19.8 Å². The Morgan fingerprint density at radius 1 is 1.08 bits per heavy atom. The van der Waals surface area contributed by atoms with E-state index < -0.39 is 86.0 Å². The number of nitrogens with zero attached hydrogens (tertiary/aromatic N) is 1. The van der Waals surface area contributed by atoms with Gasteiger partial charge < -0.3 is 24.6 Å². The molecule has 0 aliphatic carbocycles. The number of nitrogens with one attached hydrogen (secondary N) is 2. The number of hydrogen-bond donors (Lipinski definition) is 3. The summed E-state index contributed by atoms with van der Waals surface area (Å²) >= 11 is 0. The fraction of sp³-hybridized carbons (Fsp3) is 0.739. The standard InChI is InChI=1S/C23H36N3O12P/c1-13-8-26(20(31)25-16(13)28)17-23(10-24-23)15(27)14(38-17)9-35-39(32,36-11-33-18(29)21(2,3)4)37-12-34-19(30)22(5,6)7/h8,14-15,17,24,27H,9-12H2,1-7H3,(H,25,28,31)/t14-,15?,17?,23+/m1/s1. The molecule has 15 nitrogen and oxygen atoms in total. The lowest BCUT2D eigenvalue weighted by Crippen LogP contribution is -2.42. The lowest BCUT2D eigenvalue weighted by Gasteiger charge is -2.23. The number of aliphatic hydroxyl groups excluding tert-OH is 1. The predicted octanol–water partition coefficient (Wildman–Crippen LogP) is 0.697. The maximum absolute atomic E-state index is 13.3. The third-order valence-electron chi connectivity index (χ3n) is 6.03. The molecule has 3 rings (SSSR count). The Balaban J connectivity index is 1.71. The highest BCUT2D eigenvalue weighted by molar-refractivity contribution is 7.48. The summed E-state index contributed by atoms with van der Waals surface area (Å²) in [5.74, 6) is -1.29. The molecule has 3 heterocycles. The molecule has 1 aromatic heterocycles. The first-order valence-corrected chi connectivity index (χ1v) is 13.6. The molecule has 2 fully saturated rings. The van der Waals surface area contributed by atoms with E-state index in [4.69, 9.17) is 27.8 Å². The van der Waals surface area contributed by atoms with Gasteiger partial charge in [0.25, 0.3) is 5.56 Å². The Labute approximate surface area is 224 Å². The largest absolute Gasteiger partial charge is 0.480 e. The van der Waals surface area contributed by atoms with Gasteiger partial charge in [0, 0.05) is 18.3 Å². The number of aliphatic hydroxyl groups is 1. The summed E-state index contributed by atoms with van der Waals surface area (Å²) in [6.07, 6.45) is -2.06. The smallest absolute Gasteiger partial charge is 0.437 e. The Morgan fingerprint density at radius 3 is 2.05 bits per heavy atom. The molecule has 39 heavy (non-hydrogen) atoms. The van der Waals surface area contributed by atoms with Crippen LogP contribution >= 0.6 is 7.82 Å². The molecule has 2 unspecified atom stereocenters. The first-order chi connectivity index (χ1) is 17.9. The number of H-pyrrole nitrogens is 1. The van der Waals surface area contributed by atoms with E-state index >= 15 is 0 Å². The van der Waals surface area contributed by atoms with E-state index in [1.165, 1.54) is 13.1 Å². The van der Waals surface area contributed by atoms with Gasteiger partial charge >= 0.3 is 25.5 Å². The molecule has 0 bridgehead atoms. The van der Waals surface area contributed by atoms with Gasteiger partial charge in [0.15, 0.2) is 6.23 Å². The van der Waals surface area contributed by atoms with Crippen molar-refractivity contribution in [2.24, 2.45) is 10.8 Å². The number of ether oxygens (including phenoxy) is 3. The summed E-state index contributed by atoms with van der Waals surface area (Å²) in [5, 5.41) is 13.9. The van der Waals surface area contributed by atoms with Crippen molar-refractivity contribution < 1.29 is 47.0 Å². The highest BCUT2D eigenvalue weighted by Crippen LogP contribution is 2.51. The zero-order chi connectivity index (χ0) is 29.4. The van der Waals surface area contributed by atoms with Gasteiger partial charge in [0.05, 0.1) is 17.4 Å². The number of aryl methyl sites for hydroxylation is 1. The molecular formula is C23H36N3O12P. The van der Waals surface area contributed by atoms with Crippen molar-refractivity contribution in [1.29, 1.82) is 0 Å². The van der Waals surface area contributed by atoms with Crippen molar-refractivity contribution in [3.63, 3.8) is 0 Å². The van der Waals surface area contributed by atoms with Crippen LogP contribution in [0.4, 0.5) is 0 Å². The number of phosphoric ester groups is 1. The molecule has 3 N–H and O–H groups in total. The minimum absolute atomic E-state index is 0.254. The number of hydrogen-bond acceptors (Lipinski definition) is 13. The molecule has 0 amide bonds. The Kier molecular flexibility index (Phi) is 8.97. The second-order valence-electron chi connectivity index (χ2n) is 11.4. The summed E-state index contributed by atoms with van der Waals surface area (Å²) in [5.41, 5.74) is -3.82. The van der Waals surface area contributed by atoms with E-state index in [1.807, 2.05) is 0 Å². The van der Waals surface area contributed by atoms with Crippen LogP contribution in [0.1, 0.15) is 53.3 Å². The number of aromatic amines is 1. The molecule has 0 aromatic carbocycles. The summed E-state index contributed by atoms with van der Waals surface area (Å²) in [7, 11) is -4.53. The zero-order valence-corrected chi connectivity index (χ0v) is 23.9. The molecule has 0 radical (unpaired) electrons. The monoisotopic (exact) mass is 577 g/mol. The van der Waals surface area contributed by atoms with E-state index in [1.54, 1.807) is 41.5 Å². The van der Waals surface area contributed by atoms with Gasteiger partial charge in [-0.3, -0.25) is 28.5 Å². The molecular weight excluding hydrogens is 541 g/mol. The summed E-state index contributed by atoms with van der Waals surface area (Å²) in [6.45, 7) is 9.33. The van der Waals surface area contributed by atoms with Crippen LogP contribution in [0.5, 0.6) is 0 Å². The average molecular weight is 578 g/mol. The van der Waals surface area contributed by atoms with Crippen molar-refractivity contribution in [3.8, 4) is 0 Å². The number of rotatable bonds is 10. The Bertz CT molecular complexity index is 1200. The van der Waals surface area contributed by atoms with Crippen LogP contribution < -0.4 is 16.6 Å². The number of phosphoric acid groups is 1. The van der Waals surface area contributed by atoms with Gasteiger partial charge in [-0.2, -0.15) is 0 Å². The summed E-state index contributed by atoms with van der Waals surface area (Å²) in [6, 6.07) is 0. The minimum Gasteiger partial charge on any atom is -0.437 e. The number of carbonyl (C=O) groups is 2. The Morgan fingerprint density at radius 2 is 1.59 bits per heavy atom. The second kappa shape index (κ2) is 11.2. The molecule has 2 aliphatic rings. The SMILES string of the molecule is Cc1cn(C2O[C@H](COP(=O)(OCOC(=O)C(C)(C)C)OCOC(=O)C(C)(C)C)C(O)[C@@]23CN3)c(=O)[nH]c1=O. The molecule has 220 valence electrons. The van der Waals surface area contributed by atoms with Crippen LogP contribution in [0.15, 0.2) is 15.8 Å². The van der Waals surface area contributed by atoms with E-state index in [-0.39, 0.29) is 12.1 Å². The van der Waals surface area contributed by atoms with Crippen LogP contribution in [0, 0.1) is 17.8 Å². The van der Waals surface area contributed by atoms with E-state index in [2.05, 4.69) is 10.3 Å². The van der Waals surface area contributed by atoms with Gasteiger partial charge in [-0.25, -0.2) is 18.4 Å². The maximum atomic E-state index is 13.3. The van der Waals surface area contributed by atoms with Gasteiger partial charge in [-0.15, -0.1) is 0 Å². The van der Waals surface area contributed by atoms with Gasteiger partial charge in [0.2, 0.25) is 13.6 Å². The third kappa shape index (κ3) is 7.23. The van der Waals surface area contributed by atoms with Crippen LogP contribution in [-0.4, -0.2) is 71.1 Å². The molecule has 4 atom stereocenters. The Hall–Kier alpha value is -2.39. The van der Waals surface area contributed by atoms with Crippen LogP contribution in [0.25, 0.3) is 0 Å². The molecule has 16 heteroatoms. The fourth-order valence-electron chi connectivity index (χ4n) is 3.53. The van der Waals surface area contributed by atoms with Crippen LogP contribution in [0.3, 0.4) is 0 Å². The number of esters is 2. The van der Waals surface area contributed by atoms with Crippen molar-refractivity contribution in [1.82, 2.24) is 14.9 Å².